The van der Waals surface area contributed by atoms with Gasteiger partial charge in [0, 0.05) is 36.9 Å². The zero-order valence-electron chi connectivity index (χ0n) is 13.7. The van der Waals surface area contributed by atoms with Crippen molar-refractivity contribution in [2.24, 2.45) is 0 Å². The third-order valence-corrected chi connectivity index (χ3v) is 4.69. The van der Waals surface area contributed by atoms with Crippen LogP contribution in [0, 0.1) is 0 Å². The Morgan fingerprint density at radius 2 is 1.88 bits per heavy atom. The highest BCUT2D eigenvalue weighted by Crippen LogP contribution is 2.28. The number of carboxylic acid groups (broad SMARTS) is 1. The summed E-state index contributed by atoms with van der Waals surface area (Å²) in [4.78, 5) is 15.8. The van der Waals surface area contributed by atoms with Crippen LogP contribution >= 0.6 is 11.6 Å². The molecule has 5 heteroatoms. The summed E-state index contributed by atoms with van der Waals surface area (Å²) >= 11 is 6.22. The van der Waals surface area contributed by atoms with Gasteiger partial charge in [-0.25, -0.2) is 4.79 Å². The van der Waals surface area contributed by atoms with Gasteiger partial charge in [0.25, 0.3) is 0 Å². The van der Waals surface area contributed by atoms with Crippen molar-refractivity contribution in [3.63, 3.8) is 0 Å². The number of aromatic carboxylic acids is 1. The first kappa shape index (κ1) is 16.8. The number of likely N-dealkylation sites (N-methyl/N-ethyl adjacent to an activating group) is 1. The number of nitrogens with zero attached hydrogens (tertiary/aromatic N) is 2. The van der Waals surface area contributed by atoms with Crippen molar-refractivity contribution >= 4 is 23.3 Å². The Morgan fingerprint density at radius 1 is 1.12 bits per heavy atom. The Kier molecular flexibility index (Phi) is 5.07. The number of benzene rings is 2. The quantitative estimate of drug-likeness (QED) is 0.923. The number of anilines is 1. The molecule has 1 saturated heterocycles. The van der Waals surface area contributed by atoms with Crippen molar-refractivity contribution in [3.8, 4) is 0 Å². The van der Waals surface area contributed by atoms with Gasteiger partial charge in [-0.3, -0.25) is 0 Å². The lowest BCUT2D eigenvalue weighted by atomic mass is 10.0. The summed E-state index contributed by atoms with van der Waals surface area (Å²) in [7, 11) is 2.13. The van der Waals surface area contributed by atoms with Crippen LogP contribution in [0.2, 0.25) is 5.02 Å². The summed E-state index contributed by atoms with van der Waals surface area (Å²) in [5.41, 5.74) is 3.64. The number of carboxylic acids is 1. The lowest BCUT2D eigenvalue weighted by molar-refractivity contribution is 0.0697. The van der Waals surface area contributed by atoms with Gasteiger partial charge >= 0.3 is 5.97 Å². The molecule has 0 unspecified atom stereocenters. The number of piperazine rings is 1. The average Bonchev–Trinajstić information content (AvgIpc) is 2.57. The SMILES string of the molecule is CN1CCN(c2cc(Cl)ccc2Cc2cccc(C(=O)O)c2)CC1. The maximum atomic E-state index is 11.2. The van der Waals surface area contributed by atoms with Gasteiger partial charge in [0.2, 0.25) is 0 Å². The van der Waals surface area contributed by atoms with E-state index in [0.29, 0.717) is 12.0 Å². The molecule has 0 aliphatic carbocycles. The second-order valence-corrected chi connectivity index (χ2v) is 6.68. The lowest BCUT2D eigenvalue weighted by Gasteiger charge is -2.35. The van der Waals surface area contributed by atoms with E-state index in [1.54, 1.807) is 18.2 Å². The first-order valence-corrected chi connectivity index (χ1v) is 8.45. The van der Waals surface area contributed by atoms with E-state index in [1.165, 1.54) is 5.56 Å². The molecule has 0 amide bonds. The third kappa shape index (κ3) is 3.89. The largest absolute Gasteiger partial charge is 0.478 e. The second-order valence-electron chi connectivity index (χ2n) is 6.25. The molecule has 1 aliphatic heterocycles. The number of rotatable bonds is 4. The van der Waals surface area contributed by atoms with Gasteiger partial charge in [-0.2, -0.15) is 0 Å². The molecule has 3 rings (SSSR count). The van der Waals surface area contributed by atoms with E-state index >= 15 is 0 Å². The van der Waals surface area contributed by atoms with Gasteiger partial charge < -0.3 is 14.9 Å². The van der Waals surface area contributed by atoms with E-state index in [9.17, 15) is 4.79 Å². The third-order valence-electron chi connectivity index (χ3n) is 4.46. The number of halogens is 1. The van der Waals surface area contributed by atoms with Crippen molar-refractivity contribution in [3.05, 3.63) is 64.2 Å². The number of hydrogen-bond donors (Lipinski definition) is 1. The number of carbonyl (C=O) groups is 1. The van der Waals surface area contributed by atoms with Gasteiger partial charge in [0.05, 0.1) is 5.56 Å². The van der Waals surface area contributed by atoms with Crippen LogP contribution < -0.4 is 4.90 Å². The van der Waals surface area contributed by atoms with Crippen LogP contribution in [0.4, 0.5) is 5.69 Å². The Labute approximate surface area is 147 Å². The first-order valence-electron chi connectivity index (χ1n) is 8.07. The minimum absolute atomic E-state index is 0.322. The van der Waals surface area contributed by atoms with Crippen LogP contribution in [0.15, 0.2) is 42.5 Å². The Hall–Kier alpha value is -2.04. The highest BCUT2D eigenvalue weighted by molar-refractivity contribution is 6.30. The molecule has 0 atom stereocenters. The zero-order chi connectivity index (χ0) is 17.1. The molecular weight excluding hydrogens is 324 g/mol. The van der Waals surface area contributed by atoms with Crippen LogP contribution in [0.3, 0.4) is 0 Å². The maximum Gasteiger partial charge on any atom is 0.335 e. The molecule has 0 radical (unpaired) electrons. The lowest BCUT2D eigenvalue weighted by Crippen LogP contribution is -2.44. The number of hydrogen-bond acceptors (Lipinski definition) is 3. The van der Waals surface area contributed by atoms with Gasteiger partial charge in [0.15, 0.2) is 0 Å². The van der Waals surface area contributed by atoms with E-state index in [0.717, 1.165) is 42.5 Å². The summed E-state index contributed by atoms with van der Waals surface area (Å²) < 4.78 is 0. The van der Waals surface area contributed by atoms with E-state index in [2.05, 4.69) is 16.8 Å². The van der Waals surface area contributed by atoms with Crippen molar-refractivity contribution < 1.29 is 9.90 Å². The molecule has 4 nitrogen and oxygen atoms in total. The van der Waals surface area contributed by atoms with E-state index < -0.39 is 5.97 Å². The topological polar surface area (TPSA) is 43.8 Å². The van der Waals surface area contributed by atoms with Crippen molar-refractivity contribution in [2.75, 3.05) is 38.1 Å². The summed E-state index contributed by atoms with van der Waals surface area (Å²) in [6.45, 7) is 4.00. The van der Waals surface area contributed by atoms with Crippen molar-refractivity contribution in [1.29, 1.82) is 0 Å². The Balaban J connectivity index is 1.88. The molecule has 126 valence electrons. The molecule has 2 aromatic rings. The predicted octanol–water partition coefficient (Wildman–Crippen LogP) is 3.38. The highest BCUT2D eigenvalue weighted by atomic mass is 35.5. The first-order chi connectivity index (χ1) is 11.5. The standard InChI is InChI=1S/C19H21ClN2O2/c1-21-7-9-22(10-8-21)18-13-17(20)6-5-15(18)11-14-3-2-4-16(12-14)19(23)24/h2-6,12-13H,7-11H2,1H3,(H,23,24). The van der Waals surface area contributed by atoms with Crippen LogP contribution in [0.25, 0.3) is 0 Å². The van der Waals surface area contributed by atoms with E-state index in [4.69, 9.17) is 16.7 Å². The molecule has 1 fully saturated rings. The van der Waals surface area contributed by atoms with Crippen molar-refractivity contribution in [2.45, 2.75) is 6.42 Å². The van der Waals surface area contributed by atoms with Crippen LogP contribution in [-0.2, 0) is 6.42 Å². The Morgan fingerprint density at radius 3 is 2.58 bits per heavy atom. The molecular formula is C19H21ClN2O2. The summed E-state index contributed by atoms with van der Waals surface area (Å²) in [5, 5.41) is 9.89. The van der Waals surface area contributed by atoms with E-state index in [-0.39, 0.29) is 0 Å². The molecule has 0 bridgehead atoms. The molecule has 1 heterocycles. The maximum absolute atomic E-state index is 11.2. The molecule has 0 aromatic heterocycles. The normalized spacial score (nSPS) is 15.5. The molecule has 0 saturated carbocycles. The van der Waals surface area contributed by atoms with Crippen LogP contribution in [0.1, 0.15) is 21.5 Å². The predicted molar refractivity (Wildman–Crippen MR) is 97.4 cm³/mol. The fraction of sp³-hybridized carbons (Fsp3) is 0.316. The highest BCUT2D eigenvalue weighted by Gasteiger charge is 2.17. The summed E-state index contributed by atoms with van der Waals surface area (Å²) in [6, 6.07) is 13.1. The molecule has 24 heavy (non-hydrogen) atoms. The summed E-state index contributed by atoms with van der Waals surface area (Å²) in [5.74, 6) is -0.896. The minimum atomic E-state index is -0.896. The molecule has 1 N–H and O–H groups in total. The minimum Gasteiger partial charge on any atom is -0.478 e. The van der Waals surface area contributed by atoms with Crippen molar-refractivity contribution in [1.82, 2.24) is 4.90 Å². The fourth-order valence-corrected chi connectivity index (χ4v) is 3.23. The molecule has 1 aliphatic rings. The average molecular weight is 345 g/mol. The zero-order valence-corrected chi connectivity index (χ0v) is 14.5. The smallest absolute Gasteiger partial charge is 0.335 e. The Bertz CT molecular complexity index is 740. The molecule has 2 aromatic carbocycles. The summed E-state index contributed by atoms with van der Waals surface area (Å²) in [6.07, 6.45) is 0.694. The fourth-order valence-electron chi connectivity index (χ4n) is 3.06. The van der Waals surface area contributed by atoms with E-state index in [1.807, 2.05) is 24.3 Å². The second kappa shape index (κ2) is 7.24. The van der Waals surface area contributed by atoms with Gasteiger partial charge in [-0.15, -0.1) is 0 Å². The van der Waals surface area contributed by atoms with Gasteiger partial charge in [-0.05, 0) is 48.9 Å². The van der Waals surface area contributed by atoms with Gasteiger partial charge in [0.1, 0.15) is 0 Å². The monoisotopic (exact) mass is 344 g/mol. The molecule has 0 spiro atoms. The van der Waals surface area contributed by atoms with Crippen LogP contribution in [0.5, 0.6) is 0 Å². The van der Waals surface area contributed by atoms with Crippen LogP contribution in [-0.4, -0.2) is 49.2 Å². The van der Waals surface area contributed by atoms with Gasteiger partial charge in [-0.1, -0.05) is 29.8 Å².